The van der Waals surface area contributed by atoms with E-state index in [1.165, 1.54) is 0 Å². The van der Waals surface area contributed by atoms with Gasteiger partial charge in [-0.3, -0.25) is 9.69 Å². The van der Waals surface area contributed by atoms with Gasteiger partial charge in [-0.15, -0.1) is 0 Å². The topological polar surface area (TPSA) is 59.0 Å². The van der Waals surface area contributed by atoms with Gasteiger partial charge in [-0.05, 0) is 43.5 Å². The molecular formula is C19H28BrNO4. The Balaban J connectivity index is 2.35. The van der Waals surface area contributed by atoms with E-state index in [-0.39, 0.29) is 12.0 Å². The second kappa shape index (κ2) is 9.43. The lowest BCUT2D eigenvalue weighted by Gasteiger charge is -2.38. The summed E-state index contributed by atoms with van der Waals surface area (Å²) in [6.45, 7) is 3.71. The molecule has 0 bridgehead atoms. The summed E-state index contributed by atoms with van der Waals surface area (Å²) in [5.74, 6) is 0.422. The predicted molar refractivity (Wildman–Crippen MR) is 101 cm³/mol. The summed E-state index contributed by atoms with van der Waals surface area (Å²) in [5, 5.41) is 9.42. The lowest BCUT2D eigenvalue weighted by Crippen LogP contribution is -2.41. The van der Waals surface area contributed by atoms with Gasteiger partial charge in [0, 0.05) is 17.1 Å². The van der Waals surface area contributed by atoms with Gasteiger partial charge in [0.1, 0.15) is 0 Å². The van der Waals surface area contributed by atoms with Crippen LogP contribution in [0.3, 0.4) is 0 Å². The summed E-state index contributed by atoms with van der Waals surface area (Å²) in [6.07, 6.45) is 4.89. The molecule has 0 spiro atoms. The van der Waals surface area contributed by atoms with Crippen LogP contribution < -0.4 is 9.47 Å². The molecule has 0 radical (unpaired) electrons. The average Bonchev–Trinajstić information content (AvgIpc) is 2.62. The van der Waals surface area contributed by atoms with Crippen LogP contribution >= 0.6 is 15.9 Å². The van der Waals surface area contributed by atoms with Gasteiger partial charge in [0.15, 0.2) is 11.5 Å². The first-order valence-corrected chi connectivity index (χ1v) is 9.69. The minimum Gasteiger partial charge on any atom is -0.493 e. The minimum atomic E-state index is -0.690. The Hall–Kier alpha value is -1.27. The number of benzene rings is 1. The fourth-order valence-corrected chi connectivity index (χ4v) is 4.14. The van der Waals surface area contributed by atoms with Crippen LogP contribution in [-0.2, 0) is 4.79 Å². The third-order valence-corrected chi connectivity index (χ3v) is 5.62. The number of carboxylic acid groups (broad SMARTS) is 1. The zero-order valence-electron chi connectivity index (χ0n) is 15.3. The van der Waals surface area contributed by atoms with Crippen molar-refractivity contribution >= 4 is 21.9 Å². The Kier molecular flexibility index (Phi) is 7.56. The van der Waals surface area contributed by atoms with Crippen molar-refractivity contribution in [2.75, 3.05) is 27.3 Å². The number of nitrogens with zero attached hydrogens (tertiary/aromatic N) is 1. The van der Waals surface area contributed by atoms with Crippen molar-refractivity contribution in [2.45, 2.75) is 45.1 Å². The second-order valence-electron chi connectivity index (χ2n) is 6.56. The summed E-state index contributed by atoms with van der Waals surface area (Å²) in [7, 11) is 3.26. The van der Waals surface area contributed by atoms with E-state index in [1.807, 2.05) is 12.1 Å². The van der Waals surface area contributed by atoms with Crippen molar-refractivity contribution in [3.63, 3.8) is 0 Å². The Labute approximate surface area is 158 Å². The first kappa shape index (κ1) is 20.0. The zero-order valence-corrected chi connectivity index (χ0v) is 16.8. The van der Waals surface area contributed by atoms with Gasteiger partial charge in [-0.1, -0.05) is 35.7 Å². The van der Waals surface area contributed by atoms with Crippen LogP contribution in [0.5, 0.6) is 11.5 Å². The molecule has 1 fully saturated rings. The van der Waals surface area contributed by atoms with Crippen LogP contribution in [0.15, 0.2) is 16.6 Å². The number of halogens is 1. The zero-order chi connectivity index (χ0) is 18.4. The molecular weight excluding hydrogens is 386 g/mol. The fourth-order valence-electron chi connectivity index (χ4n) is 3.55. The van der Waals surface area contributed by atoms with Gasteiger partial charge in [-0.2, -0.15) is 0 Å². The van der Waals surface area contributed by atoms with E-state index in [0.717, 1.165) is 48.7 Å². The quantitative estimate of drug-likeness (QED) is 0.679. The molecule has 1 aliphatic heterocycles. The summed E-state index contributed by atoms with van der Waals surface area (Å²) in [5.41, 5.74) is 1.14. The number of hydrogen-bond donors (Lipinski definition) is 1. The third kappa shape index (κ3) is 4.88. The summed E-state index contributed by atoms with van der Waals surface area (Å²) in [6, 6.07) is 4.13. The first-order valence-electron chi connectivity index (χ1n) is 8.90. The summed E-state index contributed by atoms with van der Waals surface area (Å²) >= 11 is 3.68. The first-order chi connectivity index (χ1) is 12.0. The minimum absolute atomic E-state index is 0.177. The van der Waals surface area contributed by atoms with Crippen molar-refractivity contribution in [1.82, 2.24) is 4.90 Å². The van der Waals surface area contributed by atoms with E-state index in [2.05, 4.69) is 27.8 Å². The normalized spacial score (nSPS) is 19.4. The van der Waals surface area contributed by atoms with Crippen LogP contribution in [0.25, 0.3) is 0 Å². The van der Waals surface area contributed by atoms with Gasteiger partial charge in [0.25, 0.3) is 0 Å². The van der Waals surface area contributed by atoms with E-state index in [9.17, 15) is 9.90 Å². The third-order valence-electron chi connectivity index (χ3n) is 4.94. The van der Waals surface area contributed by atoms with Crippen molar-refractivity contribution in [3.05, 3.63) is 22.2 Å². The molecule has 0 amide bonds. The van der Waals surface area contributed by atoms with E-state index < -0.39 is 5.97 Å². The highest BCUT2D eigenvalue weighted by Gasteiger charge is 2.31. The number of ether oxygens (including phenoxy) is 2. The number of hydrogen-bond acceptors (Lipinski definition) is 4. The molecule has 2 atom stereocenters. The lowest BCUT2D eigenvalue weighted by molar-refractivity contribution is -0.144. The molecule has 0 aromatic heterocycles. The maximum absolute atomic E-state index is 11.5. The smallest absolute Gasteiger partial charge is 0.307 e. The molecule has 0 aliphatic carbocycles. The lowest BCUT2D eigenvalue weighted by atomic mass is 9.92. The number of likely N-dealkylation sites (tertiary alicyclic amines) is 1. The van der Waals surface area contributed by atoms with Gasteiger partial charge in [0.2, 0.25) is 0 Å². The summed E-state index contributed by atoms with van der Waals surface area (Å²) in [4.78, 5) is 13.8. The number of unbranched alkanes of at least 4 members (excludes halogenated alkanes) is 1. The second-order valence-corrected chi connectivity index (χ2v) is 7.41. The molecule has 1 aliphatic rings. The van der Waals surface area contributed by atoms with Crippen molar-refractivity contribution in [3.8, 4) is 11.5 Å². The maximum Gasteiger partial charge on any atom is 0.307 e. The van der Waals surface area contributed by atoms with E-state index in [0.29, 0.717) is 18.0 Å². The Morgan fingerprint density at radius 2 is 2.04 bits per heavy atom. The molecule has 25 heavy (non-hydrogen) atoms. The Morgan fingerprint density at radius 3 is 2.64 bits per heavy atom. The predicted octanol–water partition coefficient (Wildman–Crippen LogP) is 4.49. The molecule has 0 saturated carbocycles. The van der Waals surface area contributed by atoms with Gasteiger partial charge in [-0.25, -0.2) is 0 Å². The fraction of sp³-hybridized carbons (Fsp3) is 0.632. The molecule has 5 nitrogen and oxygen atoms in total. The largest absolute Gasteiger partial charge is 0.493 e. The van der Waals surface area contributed by atoms with Crippen LogP contribution in [0.1, 0.15) is 50.6 Å². The molecule has 1 saturated heterocycles. The van der Waals surface area contributed by atoms with Crippen molar-refractivity contribution in [2.24, 2.45) is 5.92 Å². The van der Waals surface area contributed by atoms with Crippen molar-refractivity contribution in [1.29, 1.82) is 0 Å². The van der Waals surface area contributed by atoms with E-state index in [4.69, 9.17) is 9.47 Å². The SMILES string of the molecule is CCCCC(c1cc(OC)c(OC)cc1Br)N1CCCC(C(=O)O)C1. The van der Waals surface area contributed by atoms with Gasteiger partial charge in [0.05, 0.1) is 20.1 Å². The molecule has 2 unspecified atom stereocenters. The molecule has 1 N–H and O–H groups in total. The highest BCUT2D eigenvalue weighted by atomic mass is 79.9. The average molecular weight is 414 g/mol. The monoisotopic (exact) mass is 413 g/mol. The van der Waals surface area contributed by atoms with E-state index in [1.54, 1.807) is 14.2 Å². The molecule has 140 valence electrons. The highest BCUT2D eigenvalue weighted by Crippen LogP contribution is 2.40. The number of piperidine rings is 1. The number of rotatable bonds is 8. The van der Waals surface area contributed by atoms with Crippen LogP contribution in [0.4, 0.5) is 0 Å². The Bertz CT molecular complexity index is 593. The van der Waals surface area contributed by atoms with Gasteiger partial charge < -0.3 is 14.6 Å². The van der Waals surface area contributed by atoms with Crippen LogP contribution in [0, 0.1) is 5.92 Å². The van der Waals surface area contributed by atoms with E-state index >= 15 is 0 Å². The van der Waals surface area contributed by atoms with Crippen molar-refractivity contribution < 1.29 is 19.4 Å². The highest BCUT2D eigenvalue weighted by molar-refractivity contribution is 9.10. The summed E-state index contributed by atoms with van der Waals surface area (Å²) < 4.78 is 11.8. The Morgan fingerprint density at radius 1 is 1.36 bits per heavy atom. The number of methoxy groups -OCH3 is 2. The number of carboxylic acids is 1. The molecule has 1 aromatic rings. The molecule has 1 aromatic carbocycles. The standard InChI is InChI=1S/C19H28BrNO4/c1-4-5-8-16(21-9-6-7-13(12-21)19(22)23)14-10-17(24-2)18(25-3)11-15(14)20/h10-11,13,16H,4-9,12H2,1-3H3,(H,22,23). The maximum atomic E-state index is 11.5. The molecule has 2 rings (SSSR count). The number of aliphatic carboxylic acids is 1. The number of carbonyl (C=O) groups is 1. The molecule has 6 heteroatoms. The van der Waals surface area contributed by atoms with Gasteiger partial charge >= 0.3 is 5.97 Å². The van der Waals surface area contributed by atoms with Crippen LogP contribution in [0.2, 0.25) is 0 Å². The molecule has 1 heterocycles. The van der Waals surface area contributed by atoms with Crippen LogP contribution in [-0.4, -0.2) is 43.3 Å².